The number of fused-ring (bicyclic) bond motifs is 1. The summed E-state index contributed by atoms with van der Waals surface area (Å²) in [5.74, 6) is 0. The van der Waals surface area contributed by atoms with Crippen LogP contribution < -0.4 is 5.32 Å². The molecule has 0 aliphatic rings. The summed E-state index contributed by atoms with van der Waals surface area (Å²) in [4.78, 5) is 4.73. The van der Waals surface area contributed by atoms with Crippen LogP contribution in [0.3, 0.4) is 0 Å². The minimum atomic E-state index is 1.04. The van der Waals surface area contributed by atoms with Crippen molar-refractivity contribution in [3.63, 3.8) is 0 Å². The predicted octanol–water partition coefficient (Wildman–Crippen LogP) is 3.83. The van der Waals surface area contributed by atoms with Gasteiger partial charge in [-0.3, -0.25) is 4.98 Å². The van der Waals surface area contributed by atoms with Crippen molar-refractivity contribution in [2.24, 2.45) is 0 Å². The van der Waals surface area contributed by atoms with Crippen molar-refractivity contribution < 1.29 is 0 Å². The monoisotopic (exact) mass is 326 g/mol. The number of aromatic nitrogens is 1. The van der Waals surface area contributed by atoms with Gasteiger partial charge in [-0.15, -0.1) is 0 Å². The number of hydrogen-bond acceptors (Lipinski definition) is 2. The lowest BCUT2D eigenvalue weighted by Crippen LogP contribution is -1.97. The molecular weight excluding hydrogens is 311 g/mol. The van der Waals surface area contributed by atoms with E-state index in [-0.39, 0.29) is 0 Å². The predicted molar refractivity (Wildman–Crippen MR) is 78.0 cm³/mol. The highest BCUT2D eigenvalue weighted by Gasteiger charge is 2.06. The smallest absolute Gasteiger partial charge is 0.0859 e. The van der Waals surface area contributed by atoms with Gasteiger partial charge < -0.3 is 5.32 Å². The summed E-state index contributed by atoms with van der Waals surface area (Å²) in [5, 5.41) is 4.46. The second kappa shape index (κ2) is 4.99. The Morgan fingerprint density at radius 3 is 2.88 bits per heavy atom. The summed E-state index contributed by atoms with van der Waals surface area (Å²) in [6.07, 6.45) is 2.17. The first-order chi connectivity index (χ1) is 7.76. The van der Waals surface area contributed by atoms with E-state index in [2.05, 4.69) is 59.1 Å². The molecule has 2 aromatic rings. The molecule has 0 unspecified atom stereocenters. The van der Waals surface area contributed by atoms with Crippen LogP contribution in [-0.4, -0.2) is 12.0 Å². The summed E-state index contributed by atoms with van der Waals surface area (Å²) in [5.41, 5.74) is 3.45. The number of pyridine rings is 1. The number of aryl methyl sites for hydroxylation is 1. The molecule has 0 saturated heterocycles. The van der Waals surface area contributed by atoms with Crippen LogP contribution >= 0.6 is 22.6 Å². The van der Waals surface area contributed by atoms with E-state index in [9.17, 15) is 0 Å². The second-order valence-electron chi connectivity index (χ2n) is 3.80. The van der Waals surface area contributed by atoms with Crippen LogP contribution in [0.15, 0.2) is 24.3 Å². The van der Waals surface area contributed by atoms with E-state index in [1.54, 1.807) is 0 Å². The van der Waals surface area contributed by atoms with Crippen molar-refractivity contribution in [2.45, 2.75) is 19.8 Å². The van der Waals surface area contributed by atoms with Crippen molar-refractivity contribution in [1.82, 2.24) is 4.98 Å². The molecule has 1 aromatic heterocycles. The maximum Gasteiger partial charge on any atom is 0.0859 e. The summed E-state index contributed by atoms with van der Waals surface area (Å²) < 4.78 is 1.21. The minimum Gasteiger partial charge on any atom is -0.388 e. The molecule has 0 saturated carbocycles. The summed E-state index contributed by atoms with van der Waals surface area (Å²) >= 11 is 2.35. The fraction of sp³-hybridized carbons (Fsp3) is 0.308. The van der Waals surface area contributed by atoms with E-state index in [0.717, 1.165) is 18.4 Å². The van der Waals surface area contributed by atoms with Gasteiger partial charge in [0.05, 0.1) is 5.52 Å². The van der Waals surface area contributed by atoms with Crippen LogP contribution in [-0.2, 0) is 6.42 Å². The van der Waals surface area contributed by atoms with Gasteiger partial charge in [0, 0.05) is 27.4 Å². The van der Waals surface area contributed by atoms with Crippen molar-refractivity contribution in [3.05, 3.63) is 33.5 Å². The van der Waals surface area contributed by atoms with E-state index in [0.29, 0.717) is 0 Å². The Kier molecular flexibility index (Phi) is 3.63. The van der Waals surface area contributed by atoms with E-state index in [1.165, 1.54) is 20.3 Å². The Balaban J connectivity index is 2.69. The maximum atomic E-state index is 4.73. The van der Waals surface area contributed by atoms with Gasteiger partial charge in [-0.2, -0.15) is 0 Å². The Bertz CT molecular complexity index is 509. The number of nitrogens with zero attached hydrogens (tertiary/aromatic N) is 1. The molecule has 84 valence electrons. The van der Waals surface area contributed by atoms with Crippen LogP contribution in [0.2, 0.25) is 0 Å². The molecule has 0 aliphatic heterocycles. The summed E-state index contributed by atoms with van der Waals surface area (Å²) in [7, 11) is 1.96. The zero-order valence-corrected chi connectivity index (χ0v) is 11.7. The molecule has 2 rings (SSSR count). The van der Waals surface area contributed by atoms with Crippen LogP contribution in [0.4, 0.5) is 5.69 Å². The highest BCUT2D eigenvalue weighted by atomic mass is 127. The highest BCUT2D eigenvalue weighted by Crippen LogP contribution is 2.26. The third kappa shape index (κ3) is 2.14. The number of para-hydroxylation sites is 1. The second-order valence-corrected chi connectivity index (χ2v) is 4.96. The van der Waals surface area contributed by atoms with E-state index in [1.807, 2.05) is 7.05 Å². The Hall–Kier alpha value is -0.840. The quantitative estimate of drug-likeness (QED) is 0.867. The summed E-state index contributed by atoms with van der Waals surface area (Å²) in [6.45, 7) is 2.18. The molecule has 0 fully saturated rings. The molecule has 0 amide bonds. The van der Waals surface area contributed by atoms with Crippen molar-refractivity contribution >= 4 is 39.2 Å². The average Bonchev–Trinajstić information content (AvgIpc) is 2.30. The minimum absolute atomic E-state index is 1.04. The van der Waals surface area contributed by atoms with Gasteiger partial charge in [0.15, 0.2) is 0 Å². The molecule has 1 N–H and O–H groups in total. The van der Waals surface area contributed by atoms with Crippen LogP contribution in [0.1, 0.15) is 19.0 Å². The standard InChI is InChI=1S/C13H15IN2/c1-3-5-9-8-12(15-2)10-6-4-7-11(14)13(10)16-9/h4,6-8H,3,5H2,1-2H3,(H,15,16). The zero-order chi connectivity index (χ0) is 11.5. The largest absolute Gasteiger partial charge is 0.388 e. The maximum absolute atomic E-state index is 4.73. The molecule has 0 radical (unpaired) electrons. The van der Waals surface area contributed by atoms with Gasteiger partial charge in [-0.1, -0.05) is 25.5 Å². The molecule has 0 bridgehead atoms. The Morgan fingerprint density at radius 1 is 1.38 bits per heavy atom. The SMILES string of the molecule is CCCc1cc(NC)c2cccc(I)c2n1. The third-order valence-electron chi connectivity index (χ3n) is 2.62. The number of nitrogens with one attached hydrogen (secondary N) is 1. The highest BCUT2D eigenvalue weighted by molar-refractivity contribution is 14.1. The van der Waals surface area contributed by atoms with Crippen molar-refractivity contribution in [2.75, 3.05) is 12.4 Å². The third-order valence-corrected chi connectivity index (χ3v) is 3.49. The summed E-state index contributed by atoms with van der Waals surface area (Å²) in [6, 6.07) is 8.45. The average molecular weight is 326 g/mol. The molecule has 3 heteroatoms. The number of hydrogen-bond donors (Lipinski definition) is 1. The van der Waals surface area contributed by atoms with Gasteiger partial charge in [0.1, 0.15) is 0 Å². The van der Waals surface area contributed by atoms with Crippen molar-refractivity contribution in [3.8, 4) is 0 Å². The van der Waals surface area contributed by atoms with Gasteiger partial charge in [-0.25, -0.2) is 0 Å². The van der Waals surface area contributed by atoms with Crippen LogP contribution in [0.25, 0.3) is 10.9 Å². The Labute approximate surface area is 110 Å². The van der Waals surface area contributed by atoms with Gasteiger partial charge in [0.25, 0.3) is 0 Å². The Morgan fingerprint density at radius 2 is 2.19 bits per heavy atom. The lowest BCUT2D eigenvalue weighted by atomic mass is 10.1. The molecule has 2 nitrogen and oxygen atoms in total. The normalized spacial score (nSPS) is 10.7. The first-order valence-electron chi connectivity index (χ1n) is 5.52. The number of anilines is 1. The molecule has 1 heterocycles. The molecule has 0 atom stereocenters. The number of halogens is 1. The van der Waals surface area contributed by atoms with Crippen LogP contribution in [0, 0.1) is 3.57 Å². The molecule has 0 spiro atoms. The van der Waals surface area contributed by atoms with Gasteiger partial charge >= 0.3 is 0 Å². The number of benzene rings is 1. The van der Waals surface area contributed by atoms with E-state index >= 15 is 0 Å². The molecular formula is C13H15IN2. The fourth-order valence-corrected chi connectivity index (χ4v) is 2.48. The van der Waals surface area contributed by atoms with Gasteiger partial charge in [0.2, 0.25) is 0 Å². The lowest BCUT2D eigenvalue weighted by molar-refractivity contribution is 0.890. The number of rotatable bonds is 3. The molecule has 1 aromatic carbocycles. The molecule has 0 aliphatic carbocycles. The van der Waals surface area contributed by atoms with Crippen LogP contribution in [0.5, 0.6) is 0 Å². The topological polar surface area (TPSA) is 24.9 Å². The van der Waals surface area contributed by atoms with E-state index in [4.69, 9.17) is 4.98 Å². The van der Waals surface area contributed by atoms with Gasteiger partial charge in [-0.05, 0) is 41.1 Å². The zero-order valence-electron chi connectivity index (χ0n) is 9.55. The lowest BCUT2D eigenvalue weighted by Gasteiger charge is -2.09. The first kappa shape index (κ1) is 11.6. The fourth-order valence-electron chi connectivity index (χ4n) is 1.86. The van der Waals surface area contributed by atoms with Crippen molar-refractivity contribution in [1.29, 1.82) is 0 Å². The molecule has 16 heavy (non-hydrogen) atoms. The van der Waals surface area contributed by atoms with E-state index < -0.39 is 0 Å². The first-order valence-corrected chi connectivity index (χ1v) is 6.60.